The molecule has 133 valence electrons. The van der Waals surface area contributed by atoms with Crippen molar-refractivity contribution in [3.63, 3.8) is 0 Å². The molecule has 0 aromatic rings. The van der Waals surface area contributed by atoms with E-state index in [0.717, 1.165) is 23.5 Å². The van der Waals surface area contributed by atoms with Crippen molar-refractivity contribution in [2.24, 2.45) is 5.92 Å². The second-order valence-corrected chi connectivity index (χ2v) is 9.14. The van der Waals surface area contributed by atoms with Gasteiger partial charge in [0.25, 0.3) is 0 Å². The zero-order chi connectivity index (χ0) is 15.6. The van der Waals surface area contributed by atoms with Crippen molar-refractivity contribution >= 4 is 24.4 Å². The molecule has 0 aromatic heterocycles. The Hall–Kier alpha value is 1.72. The maximum absolute atomic E-state index is 4.89. The van der Waals surface area contributed by atoms with Crippen LogP contribution in [0.1, 0.15) is 51.9 Å². The first-order valence-corrected chi connectivity index (χ1v) is 11.0. The second kappa shape index (κ2) is 13.9. The van der Waals surface area contributed by atoms with Crippen molar-refractivity contribution in [1.29, 1.82) is 0 Å². The first-order valence-electron chi connectivity index (χ1n) is 9.42. The van der Waals surface area contributed by atoms with E-state index >= 15 is 0 Å². The Balaban J connectivity index is 0.000000235. The normalized spacial score (nSPS) is 32.3. The Labute approximate surface area is 179 Å². The molecule has 0 spiro atoms. The predicted molar refractivity (Wildman–Crippen MR) is 103 cm³/mol. The molecule has 1 radical (unpaired) electrons. The molecule has 3 unspecified atom stereocenters. The molecular weight excluding hydrogens is 397 g/mol. The second-order valence-electron chi connectivity index (χ2n) is 7.19. The van der Waals surface area contributed by atoms with E-state index in [2.05, 4.69) is 28.5 Å². The maximum Gasteiger partial charge on any atom is 0.00726 e. The molecule has 3 heterocycles. The molecule has 0 amide bonds. The molecule has 3 fully saturated rings. The first-order chi connectivity index (χ1) is 10.8. The van der Waals surface area contributed by atoms with Crippen molar-refractivity contribution in [1.82, 2.24) is 9.80 Å². The van der Waals surface area contributed by atoms with Gasteiger partial charge in [-0.3, -0.25) is 0 Å². The molecular formula is C18H35N2S2Y-. The maximum atomic E-state index is 4.89. The molecule has 3 rings (SSSR count). The van der Waals surface area contributed by atoms with Crippen molar-refractivity contribution in [3.8, 4) is 0 Å². The summed E-state index contributed by atoms with van der Waals surface area (Å²) in [6.45, 7) is 10.2. The fourth-order valence-electron chi connectivity index (χ4n) is 3.94. The first kappa shape index (κ1) is 22.8. The zero-order valence-electron chi connectivity index (χ0n) is 15.0. The van der Waals surface area contributed by atoms with Gasteiger partial charge in [-0.2, -0.15) is 17.5 Å². The van der Waals surface area contributed by atoms with Crippen LogP contribution in [0.4, 0.5) is 0 Å². The summed E-state index contributed by atoms with van der Waals surface area (Å²) in [5.41, 5.74) is 0. The molecule has 3 aliphatic heterocycles. The number of fused-ring (bicyclic) bond motifs is 2. The largest absolute Gasteiger partial charge is 0.791 e. The van der Waals surface area contributed by atoms with E-state index in [4.69, 9.17) is 12.6 Å². The Bertz CT molecular complexity index is 285. The summed E-state index contributed by atoms with van der Waals surface area (Å²) in [6, 6.07) is 0. The molecule has 3 saturated heterocycles. The molecule has 2 bridgehead atoms. The average molecular weight is 433 g/mol. The van der Waals surface area contributed by atoms with Gasteiger partial charge in [-0.1, -0.05) is 19.8 Å². The van der Waals surface area contributed by atoms with Crippen LogP contribution in [-0.2, 0) is 45.3 Å². The number of likely N-dealkylation sites (tertiary alicyclic amines) is 1. The van der Waals surface area contributed by atoms with Crippen molar-refractivity contribution in [3.05, 3.63) is 0 Å². The average Bonchev–Trinajstić information content (AvgIpc) is 2.74. The van der Waals surface area contributed by atoms with Crippen LogP contribution in [0.3, 0.4) is 0 Å². The number of thioether (sulfide) groups is 1. The summed E-state index contributed by atoms with van der Waals surface area (Å²) in [7, 11) is 0. The van der Waals surface area contributed by atoms with Crippen molar-refractivity contribution < 1.29 is 32.7 Å². The van der Waals surface area contributed by atoms with Crippen LogP contribution >= 0.6 is 11.8 Å². The molecule has 23 heavy (non-hydrogen) atoms. The monoisotopic (exact) mass is 432 g/mol. The van der Waals surface area contributed by atoms with Gasteiger partial charge >= 0.3 is 0 Å². The summed E-state index contributed by atoms with van der Waals surface area (Å²) in [5, 5.41) is 0.908. The number of hydrogen-bond donors (Lipinski definition) is 0. The van der Waals surface area contributed by atoms with Gasteiger partial charge in [0.1, 0.15) is 0 Å². The van der Waals surface area contributed by atoms with E-state index < -0.39 is 0 Å². The zero-order valence-corrected chi connectivity index (χ0v) is 19.5. The minimum absolute atomic E-state index is 0. The summed E-state index contributed by atoms with van der Waals surface area (Å²) < 4.78 is 0. The molecule has 3 aliphatic rings. The van der Waals surface area contributed by atoms with Crippen molar-refractivity contribution in [2.45, 2.75) is 57.1 Å². The summed E-state index contributed by atoms with van der Waals surface area (Å²) >= 11 is 7.07. The fourth-order valence-corrected chi connectivity index (χ4v) is 5.38. The number of piperidine rings is 1. The van der Waals surface area contributed by atoms with E-state index in [1.165, 1.54) is 83.4 Å². The topological polar surface area (TPSA) is 6.48 Å². The number of hydrogen-bond acceptors (Lipinski definition) is 4. The Morgan fingerprint density at radius 1 is 1.00 bits per heavy atom. The van der Waals surface area contributed by atoms with E-state index in [-0.39, 0.29) is 32.7 Å². The third-order valence-corrected chi connectivity index (χ3v) is 6.55. The van der Waals surface area contributed by atoms with Gasteiger partial charge < -0.3 is 22.4 Å². The molecule has 0 aliphatic carbocycles. The third-order valence-electron chi connectivity index (χ3n) is 5.18. The van der Waals surface area contributed by atoms with Gasteiger partial charge in [0.15, 0.2) is 0 Å². The predicted octanol–water partition coefficient (Wildman–Crippen LogP) is 3.63. The van der Waals surface area contributed by atoms with Gasteiger partial charge in [0.2, 0.25) is 0 Å². The molecule has 2 nitrogen and oxygen atoms in total. The van der Waals surface area contributed by atoms with Crippen LogP contribution in [0.15, 0.2) is 0 Å². The standard InChI is InChI=1S/C11H21NS.C7H15NS.Y/c1-10-8-11-4-2-3-5-12(9-11)6-7-13-10;9-7-6-8-4-2-1-3-5-8;/h10-11H,2-9H2,1H3;9H,1-7H2;/p-1. The van der Waals surface area contributed by atoms with Gasteiger partial charge in [0, 0.05) is 56.8 Å². The quantitative estimate of drug-likeness (QED) is 0.615. The Morgan fingerprint density at radius 2 is 1.74 bits per heavy atom. The van der Waals surface area contributed by atoms with Gasteiger partial charge in [0.05, 0.1) is 0 Å². The molecule has 0 N–H and O–H groups in total. The summed E-state index contributed by atoms with van der Waals surface area (Å²) in [4.78, 5) is 5.16. The van der Waals surface area contributed by atoms with Gasteiger partial charge in [-0.25, -0.2) is 0 Å². The van der Waals surface area contributed by atoms with E-state index in [1.54, 1.807) is 0 Å². The van der Waals surface area contributed by atoms with Crippen molar-refractivity contribution in [2.75, 3.05) is 50.8 Å². The molecule has 0 saturated carbocycles. The van der Waals surface area contributed by atoms with E-state index in [9.17, 15) is 0 Å². The third kappa shape index (κ3) is 9.84. The van der Waals surface area contributed by atoms with Crippen LogP contribution in [0.2, 0.25) is 0 Å². The summed E-state index contributed by atoms with van der Waals surface area (Å²) in [6.07, 6.45) is 10.1. The number of rotatable bonds is 2. The SMILES string of the molecule is CC1CC2CCCCN(CCS1)C2.[S-]CCN1CCCCC1.[Y]. The van der Waals surface area contributed by atoms with E-state index in [1.807, 2.05) is 0 Å². The minimum atomic E-state index is 0. The van der Waals surface area contributed by atoms with Crippen LogP contribution in [0.5, 0.6) is 0 Å². The fraction of sp³-hybridized carbons (Fsp3) is 1.00. The minimum Gasteiger partial charge on any atom is -0.791 e. The van der Waals surface area contributed by atoms with Crippen LogP contribution in [-0.4, -0.2) is 65.8 Å². The van der Waals surface area contributed by atoms with Crippen LogP contribution in [0.25, 0.3) is 0 Å². The summed E-state index contributed by atoms with van der Waals surface area (Å²) in [5.74, 6) is 3.26. The Kier molecular flexibility index (Phi) is 13.7. The van der Waals surface area contributed by atoms with Crippen LogP contribution in [0, 0.1) is 5.92 Å². The smallest absolute Gasteiger partial charge is 0.00726 e. The van der Waals surface area contributed by atoms with Gasteiger partial charge in [-0.15, -0.1) is 0 Å². The molecule has 5 heteroatoms. The van der Waals surface area contributed by atoms with Crippen LogP contribution < -0.4 is 0 Å². The molecule has 0 aromatic carbocycles. The number of nitrogens with zero attached hydrogens (tertiary/aromatic N) is 2. The Morgan fingerprint density at radius 3 is 2.48 bits per heavy atom. The van der Waals surface area contributed by atoms with E-state index in [0.29, 0.717) is 0 Å². The molecule has 3 atom stereocenters. The van der Waals surface area contributed by atoms with Gasteiger partial charge in [-0.05, 0) is 64.2 Å².